The van der Waals surface area contributed by atoms with Crippen LogP contribution in [-0.4, -0.2) is 35.8 Å². The van der Waals surface area contributed by atoms with Gasteiger partial charge in [0, 0.05) is 19.3 Å². The zero-order valence-electron chi connectivity index (χ0n) is 11.3. The Morgan fingerprint density at radius 3 is 2.25 bits per heavy atom. The third-order valence-electron chi connectivity index (χ3n) is 3.44. The number of rotatable bonds is 3. The fourth-order valence-electron chi connectivity index (χ4n) is 2.29. The summed E-state index contributed by atoms with van der Waals surface area (Å²) in [5.41, 5.74) is 5.90. The number of thiocarbonyl (C=S) groups is 1. The lowest BCUT2D eigenvalue weighted by Crippen LogP contribution is -2.34. The maximum Gasteiger partial charge on any atom is 0.244 e. The standard InChI is InChI=1S/C13H19N3O2S2/c14-13(19)12-7-6-11(10-15-12)20(17,18)16-8-4-2-1-3-5-9-16/h6-7,10H,1-5,8-9H2,(H2,14,19). The molecule has 1 saturated heterocycles. The smallest absolute Gasteiger partial charge is 0.244 e. The van der Waals surface area contributed by atoms with Gasteiger partial charge in [-0.1, -0.05) is 31.5 Å². The second-order valence-electron chi connectivity index (χ2n) is 4.92. The van der Waals surface area contributed by atoms with Crippen LogP contribution in [0, 0.1) is 0 Å². The Balaban J connectivity index is 2.21. The quantitative estimate of drug-likeness (QED) is 0.859. The number of nitrogens with two attached hydrogens (primary N) is 1. The molecule has 0 bridgehead atoms. The summed E-state index contributed by atoms with van der Waals surface area (Å²) < 4.78 is 26.7. The second-order valence-corrected chi connectivity index (χ2v) is 7.29. The van der Waals surface area contributed by atoms with E-state index in [9.17, 15) is 8.42 Å². The molecule has 5 nitrogen and oxygen atoms in total. The number of hydrogen-bond acceptors (Lipinski definition) is 4. The van der Waals surface area contributed by atoms with Gasteiger partial charge in [-0.2, -0.15) is 4.31 Å². The molecule has 1 aliphatic heterocycles. The summed E-state index contributed by atoms with van der Waals surface area (Å²) >= 11 is 4.81. The molecule has 0 radical (unpaired) electrons. The molecule has 0 aliphatic carbocycles. The van der Waals surface area contributed by atoms with Crippen molar-refractivity contribution in [3.05, 3.63) is 24.0 Å². The molecule has 1 aromatic heterocycles. The van der Waals surface area contributed by atoms with Crippen molar-refractivity contribution in [2.24, 2.45) is 5.73 Å². The molecule has 2 N–H and O–H groups in total. The van der Waals surface area contributed by atoms with Gasteiger partial charge >= 0.3 is 0 Å². The largest absolute Gasteiger partial charge is 0.388 e. The molecule has 1 fully saturated rings. The molecule has 110 valence electrons. The minimum absolute atomic E-state index is 0.167. The molecule has 0 aromatic carbocycles. The van der Waals surface area contributed by atoms with Gasteiger partial charge in [-0.25, -0.2) is 8.42 Å². The number of aromatic nitrogens is 1. The summed E-state index contributed by atoms with van der Waals surface area (Å²) in [6.45, 7) is 1.17. The molecule has 1 aliphatic rings. The Morgan fingerprint density at radius 2 is 1.75 bits per heavy atom. The van der Waals surface area contributed by atoms with Crippen LogP contribution >= 0.6 is 12.2 Å². The van der Waals surface area contributed by atoms with Gasteiger partial charge in [0.1, 0.15) is 9.88 Å². The van der Waals surface area contributed by atoms with Crippen LogP contribution in [0.25, 0.3) is 0 Å². The van der Waals surface area contributed by atoms with Crippen molar-refractivity contribution < 1.29 is 8.42 Å². The van der Waals surface area contributed by atoms with E-state index < -0.39 is 10.0 Å². The van der Waals surface area contributed by atoms with E-state index in [0.29, 0.717) is 18.8 Å². The van der Waals surface area contributed by atoms with E-state index in [-0.39, 0.29) is 9.88 Å². The van der Waals surface area contributed by atoms with Crippen molar-refractivity contribution in [1.29, 1.82) is 0 Å². The van der Waals surface area contributed by atoms with Crippen LogP contribution in [0.3, 0.4) is 0 Å². The van der Waals surface area contributed by atoms with Gasteiger partial charge in [0.2, 0.25) is 10.0 Å². The number of sulfonamides is 1. The Hall–Kier alpha value is -1.05. The third kappa shape index (κ3) is 3.53. The highest BCUT2D eigenvalue weighted by molar-refractivity contribution is 7.89. The fraction of sp³-hybridized carbons (Fsp3) is 0.538. The minimum atomic E-state index is -3.46. The van der Waals surface area contributed by atoms with Crippen molar-refractivity contribution in [1.82, 2.24) is 9.29 Å². The molecule has 0 atom stereocenters. The lowest BCUT2D eigenvalue weighted by Gasteiger charge is -2.24. The van der Waals surface area contributed by atoms with Crippen LogP contribution in [0.5, 0.6) is 0 Å². The van der Waals surface area contributed by atoms with E-state index in [1.807, 2.05) is 0 Å². The lowest BCUT2D eigenvalue weighted by atomic mass is 10.1. The number of nitrogens with zero attached hydrogens (tertiary/aromatic N) is 2. The van der Waals surface area contributed by atoms with Crippen molar-refractivity contribution in [3.8, 4) is 0 Å². The summed E-state index contributed by atoms with van der Waals surface area (Å²) in [5.74, 6) is 0. The predicted octanol–water partition coefficient (Wildman–Crippen LogP) is 1.67. The predicted molar refractivity (Wildman–Crippen MR) is 82.0 cm³/mol. The molecule has 2 heterocycles. The molecule has 0 spiro atoms. The van der Waals surface area contributed by atoms with Crippen LogP contribution in [0.15, 0.2) is 23.2 Å². The Labute approximate surface area is 125 Å². The molecular weight excluding hydrogens is 294 g/mol. The second kappa shape index (κ2) is 6.60. The molecule has 0 saturated carbocycles. The van der Waals surface area contributed by atoms with Crippen LogP contribution in [-0.2, 0) is 10.0 Å². The average molecular weight is 313 g/mol. The van der Waals surface area contributed by atoms with E-state index in [1.165, 1.54) is 18.7 Å². The molecule has 1 aromatic rings. The maximum atomic E-state index is 12.6. The Bertz CT molecular complexity index is 562. The van der Waals surface area contributed by atoms with Crippen molar-refractivity contribution in [3.63, 3.8) is 0 Å². The first-order valence-corrected chi connectivity index (χ1v) is 8.62. The Morgan fingerprint density at radius 1 is 1.15 bits per heavy atom. The summed E-state index contributed by atoms with van der Waals surface area (Å²) in [5, 5.41) is 0. The normalized spacial score (nSPS) is 18.2. The maximum absolute atomic E-state index is 12.6. The van der Waals surface area contributed by atoms with E-state index in [1.54, 1.807) is 10.4 Å². The highest BCUT2D eigenvalue weighted by Crippen LogP contribution is 2.19. The zero-order chi connectivity index (χ0) is 14.6. The fourth-order valence-corrected chi connectivity index (χ4v) is 3.87. The van der Waals surface area contributed by atoms with E-state index in [2.05, 4.69) is 4.98 Å². The van der Waals surface area contributed by atoms with E-state index >= 15 is 0 Å². The van der Waals surface area contributed by atoms with Gasteiger partial charge in [0.15, 0.2) is 0 Å². The molecule has 2 rings (SSSR count). The van der Waals surface area contributed by atoms with Crippen LogP contribution in [0.2, 0.25) is 0 Å². The first kappa shape index (κ1) is 15.3. The summed E-state index contributed by atoms with van der Waals surface area (Å²) in [6, 6.07) is 3.08. The van der Waals surface area contributed by atoms with Crippen LogP contribution in [0.1, 0.15) is 37.8 Å². The SMILES string of the molecule is NC(=S)c1ccc(S(=O)(=O)N2CCCCCCC2)cn1. The van der Waals surface area contributed by atoms with Crippen LogP contribution in [0.4, 0.5) is 0 Å². The van der Waals surface area contributed by atoms with Gasteiger partial charge < -0.3 is 5.73 Å². The third-order valence-corrected chi connectivity index (χ3v) is 5.53. The summed E-state index contributed by atoms with van der Waals surface area (Å²) in [7, 11) is -3.46. The first-order chi connectivity index (χ1) is 9.51. The molecular formula is C13H19N3O2S2. The molecule has 20 heavy (non-hydrogen) atoms. The van der Waals surface area contributed by atoms with Gasteiger partial charge in [-0.05, 0) is 25.0 Å². The van der Waals surface area contributed by atoms with Gasteiger partial charge in [0.25, 0.3) is 0 Å². The molecule has 7 heteroatoms. The highest BCUT2D eigenvalue weighted by atomic mass is 32.2. The minimum Gasteiger partial charge on any atom is -0.388 e. The van der Waals surface area contributed by atoms with Crippen LogP contribution < -0.4 is 5.73 Å². The molecule has 0 unspecified atom stereocenters. The Kier molecular flexibility index (Phi) is 5.06. The zero-order valence-corrected chi connectivity index (χ0v) is 12.9. The van der Waals surface area contributed by atoms with E-state index in [4.69, 9.17) is 18.0 Å². The van der Waals surface area contributed by atoms with Gasteiger partial charge in [-0.15, -0.1) is 0 Å². The van der Waals surface area contributed by atoms with Crippen molar-refractivity contribution in [2.75, 3.05) is 13.1 Å². The monoisotopic (exact) mass is 313 g/mol. The first-order valence-electron chi connectivity index (χ1n) is 6.78. The highest BCUT2D eigenvalue weighted by Gasteiger charge is 2.24. The average Bonchev–Trinajstić information content (AvgIpc) is 2.38. The van der Waals surface area contributed by atoms with Gasteiger partial charge in [0.05, 0.1) is 5.69 Å². The number of pyridine rings is 1. The summed E-state index contributed by atoms with van der Waals surface area (Å²) in [4.78, 5) is 4.38. The number of hydrogen-bond donors (Lipinski definition) is 1. The topological polar surface area (TPSA) is 76.3 Å². The molecule has 0 amide bonds. The van der Waals surface area contributed by atoms with Crippen molar-refractivity contribution >= 4 is 27.2 Å². The van der Waals surface area contributed by atoms with Gasteiger partial charge in [-0.3, -0.25) is 4.98 Å². The van der Waals surface area contributed by atoms with E-state index in [0.717, 1.165) is 25.7 Å². The van der Waals surface area contributed by atoms with Crippen molar-refractivity contribution in [2.45, 2.75) is 37.0 Å². The summed E-state index contributed by atoms with van der Waals surface area (Å²) in [6.07, 6.45) is 6.53. The lowest BCUT2D eigenvalue weighted by molar-refractivity contribution is 0.364.